The number of benzene rings is 3. The Labute approximate surface area is 137 Å². The standard InChI is InChI=1S/C22H21F/c1-22(2,3)20-14-19(17-12-8-5-9-13-17)21(23)15-18(20)16-10-6-4-7-11-16/h4-15H,1-3H3. The van der Waals surface area contributed by atoms with Gasteiger partial charge in [-0.3, -0.25) is 0 Å². The molecule has 0 radical (unpaired) electrons. The van der Waals surface area contributed by atoms with Crippen LogP contribution in [0.25, 0.3) is 22.3 Å². The summed E-state index contributed by atoms with van der Waals surface area (Å²) in [7, 11) is 0. The summed E-state index contributed by atoms with van der Waals surface area (Å²) in [6.07, 6.45) is 0. The van der Waals surface area contributed by atoms with Crippen molar-refractivity contribution in [1.29, 1.82) is 0 Å². The Morgan fingerprint density at radius 3 is 1.61 bits per heavy atom. The molecule has 3 aromatic carbocycles. The molecule has 3 aromatic rings. The lowest BCUT2D eigenvalue weighted by Gasteiger charge is -2.24. The van der Waals surface area contributed by atoms with Crippen LogP contribution in [0.15, 0.2) is 72.8 Å². The van der Waals surface area contributed by atoms with Crippen LogP contribution < -0.4 is 0 Å². The van der Waals surface area contributed by atoms with Gasteiger partial charge in [-0.15, -0.1) is 0 Å². The molecule has 0 nitrogen and oxygen atoms in total. The number of rotatable bonds is 2. The molecule has 0 aromatic heterocycles. The van der Waals surface area contributed by atoms with Gasteiger partial charge in [0.25, 0.3) is 0 Å². The minimum atomic E-state index is -0.178. The van der Waals surface area contributed by atoms with E-state index in [0.717, 1.165) is 22.3 Å². The van der Waals surface area contributed by atoms with Crippen LogP contribution in [0, 0.1) is 5.82 Å². The summed E-state index contributed by atoms with van der Waals surface area (Å²) in [6.45, 7) is 6.50. The van der Waals surface area contributed by atoms with Crippen LogP contribution in [-0.2, 0) is 5.41 Å². The van der Waals surface area contributed by atoms with Gasteiger partial charge in [0.2, 0.25) is 0 Å². The van der Waals surface area contributed by atoms with E-state index in [0.29, 0.717) is 5.56 Å². The molecule has 0 N–H and O–H groups in total. The lowest BCUT2D eigenvalue weighted by Crippen LogP contribution is -2.13. The summed E-state index contributed by atoms with van der Waals surface area (Å²) in [5.74, 6) is -0.178. The lowest BCUT2D eigenvalue weighted by molar-refractivity contribution is 0.586. The molecule has 3 rings (SSSR count). The third kappa shape index (κ3) is 3.19. The fraction of sp³-hybridized carbons (Fsp3) is 0.182. The predicted octanol–water partition coefficient (Wildman–Crippen LogP) is 6.46. The third-order valence-electron chi connectivity index (χ3n) is 4.08. The van der Waals surface area contributed by atoms with E-state index in [4.69, 9.17) is 0 Å². The summed E-state index contributed by atoms with van der Waals surface area (Å²) in [5.41, 5.74) is 4.68. The molecular formula is C22H21F. The van der Waals surface area contributed by atoms with Crippen LogP contribution in [0.5, 0.6) is 0 Å². The summed E-state index contributed by atoms with van der Waals surface area (Å²) < 4.78 is 14.8. The zero-order valence-corrected chi connectivity index (χ0v) is 13.8. The van der Waals surface area contributed by atoms with Crippen molar-refractivity contribution in [2.75, 3.05) is 0 Å². The molecule has 0 bridgehead atoms. The van der Waals surface area contributed by atoms with Crippen molar-refractivity contribution in [3.63, 3.8) is 0 Å². The SMILES string of the molecule is CC(C)(C)c1cc(-c2ccccc2)c(F)cc1-c1ccccc1. The van der Waals surface area contributed by atoms with Crippen molar-refractivity contribution in [3.05, 3.63) is 84.2 Å². The zero-order chi connectivity index (χ0) is 16.4. The Hall–Kier alpha value is -2.41. The van der Waals surface area contributed by atoms with Gasteiger partial charge >= 0.3 is 0 Å². The van der Waals surface area contributed by atoms with E-state index >= 15 is 0 Å². The molecule has 0 saturated heterocycles. The highest BCUT2D eigenvalue weighted by Gasteiger charge is 2.21. The molecule has 0 spiro atoms. The van der Waals surface area contributed by atoms with Gasteiger partial charge < -0.3 is 0 Å². The van der Waals surface area contributed by atoms with Crippen molar-refractivity contribution >= 4 is 0 Å². The monoisotopic (exact) mass is 304 g/mol. The molecule has 0 aliphatic carbocycles. The van der Waals surface area contributed by atoms with Gasteiger partial charge in [-0.25, -0.2) is 4.39 Å². The van der Waals surface area contributed by atoms with E-state index in [9.17, 15) is 4.39 Å². The van der Waals surface area contributed by atoms with Gasteiger partial charge in [0.1, 0.15) is 5.82 Å². The van der Waals surface area contributed by atoms with Crippen molar-refractivity contribution in [1.82, 2.24) is 0 Å². The largest absolute Gasteiger partial charge is 0.206 e. The van der Waals surface area contributed by atoms with Crippen LogP contribution >= 0.6 is 0 Å². The van der Waals surface area contributed by atoms with Gasteiger partial charge in [-0.05, 0) is 39.8 Å². The minimum absolute atomic E-state index is 0.0671. The van der Waals surface area contributed by atoms with Crippen LogP contribution in [0.1, 0.15) is 26.3 Å². The molecule has 0 aliphatic heterocycles. The first-order valence-electron chi connectivity index (χ1n) is 7.92. The smallest absolute Gasteiger partial charge is 0.131 e. The second kappa shape index (κ2) is 6.00. The van der Waals surface area contributed by atoms with Gasteiger partial charge in [0.15, 0.2) is 0 Å². The summed E-state index contributed by atoms with van der Waals surface area (Å²) >= 11 is 0. The topological polar surface area (TPSA) is 0 Å². The maximum Gasteiger partial charge on any atom is 0.131 e. The Kier molecular flexibility index (Phi) is 4.04. The Morgan fingerprint density at radius 1 is 0.652 bits per heavy atom. The third-order valence-corrected chi connectivity index (χ3v) is 4.08. The quantitative estimate of drug-likeness (QED) is 0.510. The summed E-state index contributed by atoms with van der Waals surface area (Å²) in [6, 6.07) is 23.5. The van der Waals surface area contributed by atoms with E-state index in [1.807, 2.05) is 66.7 Å². The average Bonchev–Trinajstić information content (AvgIpc) is 2.55. The molecule has 0 fully saturated rings. The van der Waals surface area contributed by atoms with Crippen molar-refractivity contribution in [2.45, 2.75) is 26.2 Å². The van der Waals surface area contributed by atoms with E-state index < -0.39 is 0 Å². The maximum atomic E-state index is 14.8. The first-order valence-corrected chi connectivity index (χ1v) is 7.92. The van der Waals surface area contributed by atoms with Crippen LogP contribution in [0.2, 0.25) is 0 Å². The molecule has 23 heavy (non-hydrogen) atoms. The van der Waals surface area contributed by atoms with Gasteiger partial charge in [-0.2, -0.15) is 0 Å². The first kappa shape index (κ1) is 15.5. The zero-order valence-electron chi connectivity index (χ0n) is 13.8. The maximum absolute atomic E-state index is 14.8. The number of hydrogen-bond donors (Lipinski definition) is 0. The minimum Gasteiger partial charge on any atom is -0.206 e. The molecule has 1 heteroatoms. The van der Waals surface area contributed by atoms with Gasteiger partial charge in [0, 0.05) is 5.56 Å². The lowest BCUT2D eigenvalue weighted by atomic mass is 9.80. The highest BCUT2D eigenvalue weighted by Crippen LogP contribution is 2.37. The molecular weight excluding hydrogens is 283 g/mol. The number of halogens is 1. The van der Waals surface area contributed by atoms with Gasteiger partial charge in [0.05, 0.1) is 0 Å². The van der Waals surface area contributed by atoms with E-state index in [2.05, 4.69) is 20.8 Å². The van der Waals surface area contributed by atoms with Crippen LogP contribution in [0.3, 0.4) is 0 Å². The van der Waals surface area contributed by atoms with Crippen molar-refractivity contribution in [2.24, 2.45) is 0 Å². The molecule has 0 unspecified atom stereocenters. The highest BCUT2D eigenvalue weighted by atomic mass is 19.1. The molecule has 116 valence electrons. The summed E-state index contributed by atoms with van der Waals surface area (Å²) in [5, 5.41) is 0. The molecule has 0 aliphatic rings. The predicted molar refractivity (Wildman–Crippen MR) is 96.0 cm³/mol. The fourth-order valence-electron chi connectivity index (χ4n) is 2.89. The normalized spacial score (nSPS) is 11.5. The molecule has 0 saturated carbocycles. The van der Waals surface area contributed by atoms with Crippen molar-refractivity contribution < 1.29 is 4.39 Å². The average molecular weight is 304 g/mol. The fourth-order valence-corrected chi connectivity index (χ4v) is 2.89. The van der Waals surface area contributed by atoms with Crippen molar-refractivity contribution in [3.8, 4) is 22.3 Å². The van der Waals surface area contributed by atoms with Crippen LogP contribution in [0.4, 0.5) is 4.39 Å². The van der Waals surface area contributed by atoms with Crippen LogP contribution in [-0.4, -0.2) is 0 Å². The second-order valence-corrected chi connectivity index (χ2v) is 6.86. The van der Waals surface area contributed by atoms with E-state index in [-0.39, 0.29) is 11.2 Å². The molecule has 0 amide bonds. The Balaban J connectivity index is 2.25. The van der Waals surface area contributed by atoms with Gasteiger partial charge in [-0.1, -0.05) is 81.4 Å². The highest BCUT2D eigenvalue weighted by molar-refractivity contribution is 5.75. The van der Waals surface area contributed by atoms with E-state index in [1.165, 1.54) is 0 Å². The first-order chi connectivity index (χ1) is 11.0. The number of hydrogen-bond acceptors (Lipinski definition) is 0. The second-order valence-electron chi connectivity index (χ2n) is 6.86. The molecule has 0 heterocycles. The Morgan fingerprint density at radius 2 is 1.13 bits per heavy atom. The van der Waals surface area contributed by atoms with E-state index in [1.54, 1.807) is 6.07 Å². The molecule has 0 atom stereocenters. The summed E-state index contributed by atoms with van der Waals surface area (Å²) in [4.78, 5) is 0. The Bertz CT molecular complexity index is 797.